The Morgan fingerprint density at radius 1 is 1.40 bits per heavy atom. The van der Waals surface area contributed by atoms with E-state index in [4.69, 9.17) is 5.73 Å². The number of aromatic amines is 1. The van der Waals surface area contributed by atoms with E-state index in [-0.39, 0.29) is 10.8 Å². The number of aryl methyl sites for hydroxylation is 1. The molecule has 0 atom stereocenters. The quantitative estimate of drug-likeness (QED) is 0.586. The molecular weight excluding hydrogens is 282 g/mol. The van der Waals surface area contributed by atoms with Gasteiger partial charge in [-0.1, -0.05) is 5.10 Å². The monoisotopic (exact) mass is 293 g/mol. The van der Waals surface area contributed by atoms with Crippen molar-refractivity contribution in [3.8, 4) is 0 Å². The Hall–Kier alpha value is -2.62. The first-order valence-electron chi connectivity index (χ1n) is 5.59. The average molecular weight is 293 g/mol. The molecule has 0 fully saturated rings. The smallest absolute Gasteiger partial charge is 0.277 e. The molecule has 0 saturated carbocycles. The van der Waals surface area contributed by atoms with Gasteiger partial charge in [-0.3, -0.25) is 0 Å². The molecule has 0 bridgehead atoms. The number of nitrogens with zero attached hydrogens (tertiary/aromatic N) is 4. The second-order valence-corrected chi connectivity index (χ2v) is 5.82. The minimum absolute atomic E-state index is 0.0762. The summed E-state index contributed by atoms with van der Waals surface area (Å²) in [6.07, 6.45) is 1.39. The summed E-state index contributed by atoms with van der Waals surface area (Å²) in [7, 11) is -2.28. The van der Waals surface area contributed by atoms with Crippen LogP contribution < -0.4 is 10.5 Å². The van der Waals surface area contributed by atoms with Crippen molar-refractivity contribution < 1.29 is 8.42 Å². The third-order valence-corrected chi connectivity index (χ3v) is 4.06. The van der Waals surface area contributed by atoms with Crippen LogP contribution >= 0.6 is 0 Å². The SMILES string of the molecule is Cn1nnc(NS(=O)(=O)c2c[nH]c3ccc(N)cc23)n1. The Morgan fingerprint density at radius 3 is 2.90 bits per heavy atom. The second-order valence-electron chi connectivity index (χ2n) is 4.17. The first-order chi connectivity index (χ1) is 9.45. The molecule has 0 amide bonds. The summed E-state index contributed by atoms with van der Waals surface area (Å²) < 4.78 is 26.9. The molecule has 0 radical (unpaired) electrons. The molecule has 0 aliphatic heterocycles. The van der Waals surface area contributed by atoms with E-state index in [0.717, 1.165) is 4.80 Å². The Balaban J connectivity index is 2.07. The average Bonchev–Trinajstić information content (AvgIpc) is 2.95. The molecular formula is C10H11N7O2S. The number of anilines is 2. The number of hydrogen-bond acceptors (Lipinski definition) is 6. The molecule has 1 aromatic carbocycles. The summed E-state index contributed by atoms with van der Waals surface area (Å²) in [6, 6.07) is 4.99. The summed E-state index contributed by atoms with van der Waals surface area (Å²) >= 11 is 0. The van der Waals surface area contributed by atoms with Crippen LogP contribution in [0.4, 0.5) is 11.6 Å². The molecule has 0 unspecified atom stereocenters. The molecule has 10 heteroatoms. The lowest BCUT2D eigenvalue weighted by atomic mass is 10.2. The van der Waals surface area contributed by atoms with Crippen molar-refractivity contribution in [3.63, 3.8) is 0 Å². The maximum absolute atomic E-state index is 12.3. The molecule has 4 N–H and O–H groups in total. The van der Waals surface area contributed by atoms with Crippen LogP contribution in [0.25, 0.3) is 10.9 Å². The molecule has 3 aromatic rings. The fourth-order valence-electron chi connectivity index (χ4n) is 1.84. The number of rotatable bonds is 3. The van der Waals surface area contributed by atoms with E-state index < -0.39 is 10.0 Å². The number of fused-ring (bicyclic) bond motifs is 1. The zero-order chi connectivity index (χ0) is 14.3. The Morgan fingerprint density at radius 2 is 2.20 bits per heavy atom. The van der Waals surface area contributed by atoms with Crippen LogP contribution in [0.5, 0.6) is 0 Å². The van der Waals surface area contributed by atoms with Gasteiger partial charge >= 0.3 is 0 Å². The molecule has 2 aromatic heterocycles. The lowest BCUT2D eigenvalue weighted by molar-refractivity contribution is 0.601. The molecule has 9 nitrogen and oxygen atoms in total. The van der Waals surface area contributed by atoms with Crippen LogP contribution in [0.15, 0.2) is 29.3 Å². The van der Waals surface area contributed by atoms with Crippen molar-refractivity contribution in [2.24, 2.45) is 7.05 Å². The maximum Gasteiger partial charge on any atom is 0.277 e. The number of nitrogens with two attached hydrogens (primary N) is 1. The van der Waals surface area contributed by atoms with Gasteiger partial charge in [0.1, 0.15) is 4.90 Å². The molecule has 104 valence electrons. The zero-order valence-electron chi connectivity index (χ0n) is 10.4. The Labute approximate surface area is 113 Å². The summed E-state index contributed by atoms with van der Waals surface area (Å²) in [5.41, 5.74) is 6.83. The summed E-state index contributed by atoms with van der Waals surface area (Å²) in [5.74, 6) is -0.0919. The van der Waals surface area contributed by atoms with E-state index in [9.17, 15) is 8.42 Å². The van der Waals surface area contributed by atoms with E-state index in [2.05, 4.69) is 25.1 Å². The van der Waals surface area contributed by atoms with Crippen molar-refractivity contribution in [2.75, 3.05) is 10.5 Å². The third kappa shape index (κ3) is 2.05. The van der Waals surface area contributed by atoms with Gasteiger partial charge in [0.25, 0.3) is 16.0 Å². The summed E-state index contributed by atoms with van der Waals surface area (Å²) in [5, 5.41) is 11.4. The van der Waals surface area contributed by atoms with Crippen LogP contribution in [-0.4, -0.2) is 33.6 Å². The number of benzene rings is 1. The third-order valence-electron chi connectivity index (χ3n) is 2.69. The number of sulfonamides is 1. The van der Waals surface area contributed by atoms with Crippen molar-refractivity contribution in [3.05, 3.63) is 24.4 Å². The summed E-state index contributed by atoms with van der Waals surface area (Å²) in [4.78, 5) is 4.11. The van der Waals surface area contributed by atoms with Gasteiger partial charge < -0.3 is 10.7 Å². The molecule has 20 heavy (non-hydrogen) atoms. The Kier molecular flexibility index (Phi) is 2.61. The van der Waals surface area contributed by atoms with Crippen LogP contribution in [0.1, 0.15) is 0 Å². The van der Waals surface area contributed by atoms with E-state index in [1.165, 1.54) is 13.2 Å². The van der Waals surface area contributed by atoms with Gasteiger partial charge in [0, 0.05) is 22.8 Å². The highest BCUT2D eigenvalue weighted by Gasteiger charge is 2.21. The minimum atomic E-state index is -3.82. The van der Waals surface area contributed by atoms with Crippen LogP contribution in [-0.2, 0) is 17.1 Å². The van der Waals surface area contributed by atoms with Crippen molar-refractivity contribution in [1.29, 1.82) is 0 Å². The largest absolute Gasteiger partial charge is 0.399 e. The maximum atomic E-state index is 12.3. The number of nitrogen functional groups attached to an aromatic ring is 1. The zero-order valence-corrected chi connectivity index (χ0v) is 11.2. The van der Waals surface area contributed by atoms with Gasteiger partial charge in [0.05, 0.1) is 7.05 Å². The standard InChI is InChI=1S/C10H11N7O2S/c1-17-14-10(13-16-17)15-20(18,19)9-5-12-8-3-2-6(11)4-7(8)9/h2-5,12H,11H2,1H3,(H,14,15). The van der Waals surface area contributed by atoms with Crippen LogP contribution in [0.3, 0.4) is 0 Å². The summed E-state index contributed by atoms with van der Waals surface area (Å²) in [6.45, 7) is 0. The highest BCUT2D eigenvalue weighted by atomic mass is 32.2. The number of aromatic nitrogens is 5. The molecule has 3 rings (SSSR count). The van der Waals surface area contributed by atoms with Gasteiger partial charge in [0.2, 0.25) is 0 Å². The fraction of sp³-hybridized carbons (Fsp3) is 0.100. The lowest BCUT2D eigenvalue weighted by Gasteiger charge is -2.02. The van der Waals surface area contributed by atoms with Gasteiger partial charge in [0.15, 0.2) is 0 Å². The predicted octanol–water partition coefficient (Wildman–Crippen LogP) is 0.0744. The molecule has 0 aliphatic rings. The fourth-order valence-corrected chi connectivity index (χ4v) is 2.94. The molecule has 0 aliphatic carbocycles. The van der Waals surface area contributed by atoms with Crippen molar-refractivity contribution >= 4 is 32.6 Å². The molecule has 0 spiro atoms. The highest BCUT2D eigenvalue weighted by Crippen LogP contribution is 2.25. The highest BCUT2D eigenvalue weighted by molar-refractivity contribution is 7.93. The topological polar surface area (TPSA) is 132 Å². The number of tetrazole rings is 1. The van der Waals surface area contributed by atoms with Crippen molar-refractivity contribution in [1.82, 2.24) is 25.2 Å². The Bertz CT molecular complexity index is 880. The van der Waals surface area contributed by atoms with Crippen LogP contribution in [0.2, 0.25) is 0 Å². The van der Waals surface area contributed by atoms with Gasteiger partial charge in [-0.05, 0) is 23.4 Å². The second kappa shape index (κ2) is 4.20. The van der Waals surface area contributed by atoms with E-state index in [1.54, 1.807) is 18.2 Å². The lowest BCUT2D eigenvalue weighted by Crippen LogP contribution is -2.13. The number of nitrogens with one attached hydrogen (secondary N) is 2. The van der Waals surface area contributed by atoms with Gasteiger partial charge in [-0.25, -0.2) is 13.1 Å². The molecule has 0 saturated heterocycles. The van der Waals surface area contributed by atoms with E-state index >= 15 is 0 Å². The number of H-pyrrole nitrogens is 1. The van der Waals surface area contributed by atoms with E-state index in [1.807, 2.05) is 0 Å². The normalized spacial score (nSPS) is 11.8. The van der Waals surface area contributed by atoms with E-state index in [0.29, 0.717) is 16.6 Å². The first kappa shape index (κ1) is 12.4. The minimum Gasteiger partial charge on any atom is -0.399 e. The first-order valence-corrected chi connectivity index (χ1v) is 7.07. The van der Waals surface area contributed by atoms with Gasteiger partial charge in [-0.15, -0.1) is 5.10 Å². The molecule has 2 heterocycles. The van der Waals surface area contributed by atoms with Crippen molar-refractivity contribution in [2.45, 2.75) is 4.90 Å². The van der Waals surface area contributed by atoms with Crippen LogP contribution in [0, 0.1) is 0 Å². The van der Waals surface area contributed by atoms with Gasteiger partial charge in [-0.2, -0.15) is 4.80 Å². The number of hydrogen-bond donors (Lipinski definition) is 3. The predicted molar refractivity (Wildman–Crippen MR) is 72.3 cm³/mol.